The van der Waals surface area contributed by atoms with Gasteiger partial charge in [-0.1, -0.05) is 24.3 Å². The Balaban J connectivity index is 1.73. The maximum absolute atomic E-state index is 13.4. The molecule has 4 rings (SSSR count). The van der Waals surface area contributed by atoms with Crippen LogP contribution in [0, 0.1) is 0 Å². The van der Waals surface area contributed by atoms with E-state index in [1.54, 1.807) is 53.2 Å². The zero-order valence-corrected chi connectivity index (χ0v) is 17.0. The number of nitrogens with zero attached hydrogens (tertiary/aromatic N) is 3. The molecule has 0 saturated carbocycles. The minimum Gasteiger partial charge on any atom is -0.300 e. The van der Waals surface area contributed by atoms with E-state index >= 15 is 0 Å². The first-order valence-corrected chi connectivity index (χ1v) is 11.0. The van der Waals surface area contributed by atoms with Crippen molar-refractivity contribution in [2.24, 2.45) is 0 Å². The zero-order chi connectivity index (χ0) is 22.2. The van der Waals surface area contributed by atoms with E-state index in [0.717, 1.165) is 30.3 Å². The fourth-order valence-electron chi connectivity index (χ4n) is 3.25. The lowest BCUT2D eigenvalue weighted by Crippen LogP contribution is -2.09. The van der Waals surface area contributed by atoms with Gasteiger partial charge in [-0.3, -0.25) is 9.55 Å². The summed E-state index contributed by atoms with van der Waals surface area (Å²) in [7, 11) is -3.34. The van der Waals surface area contributed by atoms with Crippen LogP contribution in [-0.4, -0.2) is 29.2 Å². The minimum atomic E-state index is -4.54. The van der Waals surface area contributed by atoms with Crippen molar-refractivity contribution in [3.63, 3.8) is 0 Å². The fraction of sp³-hybridized carbons (Fsp3) is 0.0909. The molecule has 9 heteroatoms. The Labute approximate surface area is 176 Å². The second-order valence-corrected chi connectivity index (χ2v) is 8.90. The summed E-state index contributed by atoms with van der Waals surface area (Å²) in [5.74, 6) is 0.118. The molecule has 2 aromatic heterocycles. The Bertz CT molecular complexity index is 1340. The predicted octanol–water partition coefficient (Wildman–Crippen LogP) is 5.02. The molecule has 2 heterocycles. The highest BCUT2D eigenvalue weighted by Crippen LogP contribution is 2.36. The average molecular weight is 443 g/mol. The highest BCUT2D eigenvalue weighted by Gasteiger charge is 2.34. The Morgan fingerprint density at radius 1 is 0.935 bits per heavy atom. The van der Waals surface area contributed by atoms with Gasteiger partial charge in [-0.2, -0.15) is 13.2 Å². The molecular formula is C22H16F3N3O2S. The van der Waals surface area contributed by atoms with E-state index in [9.17, 15) is 21.6 Å². The molecule has 0 fully saturated rings. The summed E-state index contributed by atoms with van der Waals surface area (Å²) in [5, 5.41) is 0. The van der Waals surface area contributed by atoms with Gasteiger partial charge in [0.25, 0.3) is 0 Å². The molecule has 0 aliphatic heterocycles. The molecule has 2 aromatic carbocycles. The number of benzene rings is 2. The van der Waals surface area contributed by atoms with Crippen LogP contribution in [0.2, 0.25) is 0 Å². The summed E-state index contributed by atoms with van der Waals surface area (Å²) in [6.45, 7) is 0. The number of rotatable bonds is 4. The Hall–Kier alpha value is -3.46. The SMILES string of the molecule is CS(=O)(=O)c1cccc(-c2ccc(-n3ccnc3-c3cnccc3C(F)(F)F)cc2)c1. The first kappa shape index (κ1) is 20.8. The number of halogens is 3. The number of sulfone groups is 1. The van der Waals surface area contributed by atoms with E-state index in [1.165, 1.54) is 12.3 Å². The van der Waals surface area contributed by atoms with Crippen LogP contribution in [0.5, 0.6) is 0 Å². The molecule has 5 nitrogen and oxygen atoms in total. The number of hydrogen-bond acceptors (Lipinski definition) is 4. The van der Waals surface area contributed by atoms with Gasteiger partial charge < -0.3 is 0 Å². The van der Waals surface area contributed by atoms with Gasteiger partial charge >= 0.3 is 6.18 Å². The van der Waals surface area contributed by atoms with Crippen LogP contribution in [0.4, 0.5) is 13.2 Å². The topological polar surface area (TPSA) is 64.8 Å². The predicted molar refractivity (Wildman–Crippen MR) is 110 cm³/mol. The van der Waals surface area contributed by atoms with Crippen molar-refractivity contribution in [1.82, 2.24) is 14.5 Å². The van der Waals surface area contributed by atoms with Gasteiger partial charge in [0.2, 0.25) is 0 Å². The zero-order valence-electron chi connectivity index (χ0n) is 16.2. The summed E-state index contributed by atoms with van der Waals surface area (Å²) < 4.78 is 65.4. The lowest BCUT2D eigenvalue weighted by Gasteiger charge is -2.14. The van der Waals surface area contributed by atoms with Gasteiger partial charge in [-0.05, 0) is 41.5 Å². The van der Waals surface area contributed by atoms with Crippen molar-refractivity contribution in [3.05, 3.63) is 84.9 Å². The monoisotopic (exact) mass is 443 g/mol. The minimum absolute atomic E-state index is 0.118. The van der Waals surface area contributed by atoms with E-state index in [0.29, 0.717) is 11.3 Å². The molecule has 0 N–H and O–H groups in total. The summed E-state index contributed by atoms with van der Waals surface area (Å²) in [5.41, 5.74) is 1.15. The first-order chi connectivity index (χ1) is 14.6. The molecule has 0 amide bonds. The van der Waals surface area contributed by atoms with Crippen molar-refractivity contribution in [2.45, 2.75) is 11.1 Å². The van der Waals surface area contributed by atoms with E-state index < -0.39 is 21.6 Å². The molecule has 0 radical (unpaired) electrons. The van der Waals surface area contributed by atoms with Crippen molar-refractivity contribution >= 4 is 9.84 Å². The van der Waals surface area contributed by atoms with Crippen LogP contribution in [0.1, 0.15) is 5.56 Å². The van der Waals surface area contributed by atoms with Gasteiger partial charge in [0.1, 0.15) is 5.82 Å². The van der Waals surface area contributed by atoms with Gasteiger partial charge in [0, 0.05) is 42.3 Å². The Kier molecular flexibility index (Phi) is 5.14. The van der Waals surface area contributed by atoms with E-state index in [4.69, 9.17) is 0 Å². The van der Waals surface area contributed by atoms with E-state index in [2.05, 4.69) is 9.97 Å². The normalized spacial score (nSPS) is 12.1. The molecule has 0 aliphatic carbocycles. The Morgan fingerprint density at radius 2 is 1.68 bits per heavy atom. The second kappa shape index (κ2) is 7.66. The molecule has 0 spiro atoms. The molecule has 31 heavy (non-hydrogen) atoms. The van der Waals surface area contributed by atoms with Gasteiger partial charge in [0.05, 0.1) is 10.5 Å². The third kappa shape index (κ3) is 4.22. The molecule has 158 valence electrons. The summed E-state index contributed by atoms with van der Waals surface area (Å²) in [6, 6.07) is 14.5. The maximum Gasteiger partial charge on any atom is 0.417 e. The maximum atomic E-state index is 13.4. The standard InChI is InChI=1S/C22H16F3N3O2S/c1-31(29,30)18-4-2-3-16(13-18)15-5-7-17(8-6-15)28-12-11-27-21(28)19-14-26-10-9-20(19)22(23,24)25/h2-14H,1H3. The molecule has 4 aromatic rings. The van der Waals surface area contributed by atoms with Crippen molar-refractivity contribution in [1.29, 1.82) is 0 Å². The van der Waals surface area contributed by atoms with Crippen LogP contribution in [0.15, 0.2) is 84.3 Å². The quantitative estimate of drug-likeness (QED) is 0.444. The van der Waals surface area contributed by atoms with Crippen molar-refractivity contribution < 1.29 is 21.6 Å². The molecule has 0 saturated heterocycles. The highest BCUT2D eigenvalue weighted by molar-refractivity contribution is 7.90. The molecular weight excluding hydrogens is 427 g/mol. The van der Waals surface area contributed by atoms with E-state index in [-0.39, 0.29) is 16.3 Å². The summed E-state index contributed by atoms with van der Waals surface area (Å²) in [4.78, 5) is 8.15. The number of pyridine rings is 1. The van der Waals surface area contributed by atoms with Crippen LogP contribution in [0.25, 0.3) is 28.2 Å². The second-order valence-electron chi connectivity index (χ2n) is 6.89. The average Bonchev–Trinajstić information content (AvgIpc) is 3.22. The smallest absolute Gasteiger partial charge is 0.300 e. The Morgan fingerprint density at radius 3 is 2.35 bits per heavy atom. The highest BCUT2D eigenvalue weighted by atomic mass is 32.2. The van der Waals surface area contributed by atoms with Crippen LogP contribution < -0.4 is 0 Å². The van der Waals surface area contributed by atoms with Crippen molar-refractivity contribution in [3.8, 4) is 28.2 Å². The van der Waals surface area contributed by atoms with Crippen LogP contribution in [0.3, 0.4) is 0 Å². The molecule has 0 atom stereocenters. The number of imidazole rings is 1. The van der Waals surface area contributed by atoms with Crippen LogP contribution in [-0.2, 0) is 16.0 Å². The third-order valence-corrected chi connectivity index (χ3v) is 5.86. The molecule has 0 unspecified atom stereocenters. The number of aromatic nitrogens is 3. The van der Waals surface area contributed by atoms with Gasteiger partial charge in [-0.25, -0.2) is 13.4 Å². The number of alkyl halides is 3. The van der Waals surface area contributed by atoms with Gasteiger partial charge in [0.15, 0.2) is 9.84 Å². The first-order valence-electron chi connectivity index (χ1n) is 9.10. The summed E-state index contributed by atoms with van der Waals surface area (Å²) >= 11 is 0. The van der Waals surface area contributed by atoms with Gasteiger partial charge in [-0.15, -0.1) is 0 Å². The largest absolute Gasteiger partial charge is 0.417 e. The van der Waals surface area contributed by atoms with Crippen LogP contribution >= 0.6 is 0 Å². The summed E-state index contributed by atoms with van der Waals surface area (Å²) in [6.07, 6.45) is 1.84. The molecule has 0 aliphatic rings. The lowest BCUT2D eigenvalue weighted by molar-refractivity contribution is -0.137. The number of hydrogen-bond donors (Lipinski definition) is 0. The van der Waals surface area contributed by atoms with Crippen molar-refractivity contribution in [2.75, 3.05) is 6.26 Å². The third-order valence-electron chi connectivity index (χ3n) is 4.75. The fourth-order valence-corrected chi connectivity index (χ4v) is 3.92. The van der Waals surface area contributed by atoms with E-state index in [1.807, 2.05) is 0 Å². The molecule has 0 bridgehead atoms. The lowest BCUT2D eigenvalue weighted by atomic mass is 10.1.